The van der Waals surface area contributed by atoms with Gasteiger partial charge in [-0.15, -0.1) is 0 Å². The van der Waals surface area contributed by atoms with E-state index in [9.17, 15) is 14.9 Å². The lowest BCUT2D eigenvalue weighted by molar-refractivity contribution is -0.385. The van der Waals surface area contributed by atoms with Crippen molar-refractivity contribution >= 4 is 23.1 Å². The topological polar surface area (TPSA) is 94.9 Å². The van der Waals surface area contributed by atoms with Crippen LogP contribution in [0.3, 0.4) is 0 Å². The van der Waals surface area contributed by atoms with Crippen LogP contribution >= 0.6 is 0 Å². The van der Waals surface area contributed by atoms with Crippen LogP contribution in [0.1, 0.15) is 51.2 Å². The first-order chi connectivity index (χ1) is 17.6. The molecule has 1 aromatic heterocycles. The number of aryl methyl sites for hydroxylation is 1. The molecule has 0 aliphatic carbocycles. The van der Waals surface area contributed by atoms with Gasteiger partial charge in [-0.1, -0.05) is 32.9 Å². The molecule has 2 aliphatic rings. The summed E-state index contributed by atoms with van der Waals surface area (Å²) in [5, 5.41) is 14.4. The molecule has 2 fully saturated rings. The van der Waals surface area contributed by atoms with E-state index in [2.05, 4.69) is 65.1 Å². The van der Waals surface area contributed by atoms with Crippen molar-refractivity contribution in [2.45, 2.75) is 58.4 Å². The lowest BCUT2D eigenvalue weighted by Crippen LogP contribution is -2.48. The standard InChI is InChI=1S/C28H40N6O3/c1-21-19-26(29-20-25(21)34(36)37)30-23-9-13-33(14-10-23)27(35)11-12-31-15-17-32(18-16-31)24-7-5-22(6-8-24)28(2,3)4/h5-8,19-20,23H,9-18H2,1-4H3,(H,29,30). The Morgan fingerprint density at radius 3 is 2.30 bits per heavy atom. The van der Waals surface area contributed by atoms with E-state index in [1.165, 1.54) is 17.4 Å². The fraction of sp³-hybridized carbons (Fsp3) is 0.571. The molecule has 200 valence electrons. The summed E-state index contributed by atoms with van der Waals surface area (Å²) >= 11 is 0. The van der Waals surface area contributed by atoms with Crippen molar-refractivity contribution in [3.63, 3.8) is 0 Å². The molecule has 4 rings (SSSR count). The Kier molecular flexibility index (Phi) is 8.32. The molecule has 1 amide bonds. The van der Waals surface area contributed by atoms with Gasteiger partial charge in [0.2, 0.25) is 5.91 Å². The molecule has 3 heterocycles. The number of carbonyl (C=O) groups excluding carboxylic acids is 1. The molecule has 37 heavy (non-hydrogen) atoms. The Morgan fingerprint density at radius 1 is 1.08 bits per heavy atom. The number of piperidine rings is 1. The second-order valence-electron chi connectivity index (χ2n) is 11.3. The zero-order chi connectivity index (χ0) is 26.6. The number of nitro groups is 1. The largest absolute Gasteiger partial charge is 0.369 e. The second kappa shape index (κ2) is 11.5. The Morgan fingerprint density at radius 2 is 1.73 bits per heavy atom. The molecule has 0 spiro atoms. The van der Waals surface area contributed by atoms with Crippen LogP contribution in [-0.4, -0.2) is 77.5 Å². The van der Waals surface area contributed by atoms with E-state index < -0.39 is 4.92 Å². The van der Waals surface area contributed by atoms with Gasteiger partial charge in [-0.25, -0.2) is 4.98 Å². The quantitative estimate of drug-likeness (QED) is 0.442. The number of nitrogens with one attached hydrogen (secondary N) is 1. The number of carbonyl (C=O) groups is 1. The average molecular weight is 509 g/mol. The van der Waals surface area contributed by atoms with Crippen LogP contribution in [0.4, 0.5) is 17.2 Å². The number of hydrogen-bond acceptors (Lipinski definition) is 7. The number of amides is 1. The molecular weight excluding hydrogens is 468 g/mol. The molecule has 2 saturated heterocycles. The molecule has 0 atom stereocenters. The number of likely N-dealkylation sites (tertiary alicyclic amines) is 1. The van der Waals surface area contributed by atoms with Gasteiger partial charge in [-0.3, -0.25) is 19.8 Å². The van der Waals surface area contributed by atoms with Gasteiger partial charge in [0.25, 0.3) is 5.69 Å². The van der Waals surface area contributed by atoms with E-state index in [1.807, 2.05) is 4.90 Å². The van der Waals surface area contributed by atoms with Crippen LogP contribution in [0.2, 0.25) is 0 Å². The fourth-order valence-corrected chi connectivity index (χ4v) is 5.12. The van der Waals surface area contributed by atoms with Crippen molar-refractivity contribution in [2.75, 3.05) is 56.0 Å². The minimum absolute atomic E-state index is 0.0298. The van der Waals surface area contributed by atoms with E-state index in [0.29, 0.717) is 17.8 Å². The number of benzene rings is 1. The molecular formula is C28H40N6O3. The summed E-state index contributed by atoms with van der Waals surface area (Å²) in [5.74, 6) is 0.875. The average Bonchev–Trinajstić information content (AvgIpc) is 2.87. The molecule has 0 radical (unpaired) electrons. The van der Waals surface area contributed by atoms with Crippen molar-refractivity contribution in [3.8, 4) is 0 Å². The van der Waals surface area contributed by atoms with Crippen LogP contribution in [0.5, 0.6) is 0 Å². The third kappa shape index (κ3) is 6.97. The number of anilines is 2. The van der Waals surface area contributed by atoms with Crippen molar-refractivity contribution in [1.29, 1.82) is 0 Å². The highest BCUT2D eigenvalue weighted by atomic mass is 16.6. The predicted molar refractivity (Wildman–Crippen MR) is 147 cm³/mol. The first-order valence-corrected chi connectivity index (χ1v) is 13.3. The third-order valence-corrected chi connectivity index (χ3v) is 7.59. The summed E-state index contributed by atoms with van der Waals surface area (Å²) in [6.07, 6.45) is 3.55. The van der Waals surface area contributed by atoms with Gasteiger partial charge >= 0.3 is 0 Å². The van der Waals surface area contributed by atoms with Crippen LogP contribution in [-0.2, 0) is 10.2 Å². The molecule has 1 aromatic carbocycles. The van der Waals surface area contributed by atoms with E-state index >= 15 is 0 Å². The summed E-state index contributed by atoms with van der Waals surface area (Å²) in [7, 11) is 0. The summed E-state index contributed by atoms with van der Waals surface area (Å²) in [5.41, 5.74) is 3.42. The molecule has 0 bridgehead atoms. The van der Waals surface area contributed by atoms with E-state index in [1.54, 1.807) is 13.0 Å². The first-order valence-electron chi connectivity index (χ1n) is 13.3. The van der Waals surface area contributed by atoms with Gasteiger partial charge in [-0.2, -0.15) is 0 Å². The molecule has 0 unspecified atom stereocenters. The molecule has 9 nitrogen and oxygen atoms in total. The number of pyridine rings is 1. The Balaban J connectivity index is 1.16. The van der Waals surface area contributed by atoms with E-state index in [0.717, 1.165) is 58.7 Å². The highest BCUT2D eigenvalue weighted by Gasteiger charge is 2.25. The van der Waals surface area contributed by atoms with Gasteiger partial charge < -0.3 is 15.1 Å². The lowest BCUT2D eigenvalue weighted by atomic mass is 9.87. The highest BCUT2D eigenvalue weighted by Crippen LogP contribution is 2.26. The fourth-order valence-electron chi connectivity index (χ4n) is 5.12. The summed E-state index contributed by atoms with van der Waals surface area (Å²) in [6.45, 7) is 14.6. The van der Waals surface area contributed by atoms with Gasteiger partial charge in [0, 0.05) is 69.5 Å². The Bertz CT molecular complexity index is 1080. The van der Waals surface area contributed by atoms with Gasteiger partial charge in [-0.05, 0) is 48.9 Å². The molecule has 2 aliphatic heterocycles. The molecule has 9 heteroatoms. The number of hydrogen-bond donors (Lipinski definition) is 1. The monoisotopic (exact) mass is 508 g/mol. The first kappa shape index (κ1) is 26.9. The predicted octanol–water partition coefficient (Wildman–Crippen LogP) is 4.21. The Labute approximate surface area is 220 Å². The lowest BCUT2D eigenvalue weighted by Gasteiger charge is -2.37. The van der Waals surface area contributed by atoms with Crippen LogP contribution < -0.4 is 10.2 Å². The van der Waals surface area contributed by atoms with Crippen LogP contribution in [0.15, 0.2) is 36.5 Å². The summed E-state index contributed by atoms with van der Waals surface area (Å²) in [6, 6.07) is 10.9. The number of nitrogens with zero attached hydrogens (tertiary/aromatic N) is 5. The Hall–Kier alpha value is -3.20. The van der Waals surface area contributed by atoms with Crippen molar-refractivity contribution in [1.82, 2.24) is 14.8 Å². The normalized spacial score (nSPS) is 17.6. The van der Waals surface area contributed by atoms with Crippen LogP contribution in [0.25, 0.3) is 0 Å². The SMILES string of the molecule is Cc1cc(NC2CCN(C(=O)CCN3CCN(c4ccc(C(C)(C)C)cc4)CC3)CC2)ncc1[N+](=O)[O-]. The van der Waals surface area contributed by atoms with Gasteiger partial charge in [0.1, 0.15) is 12.0 Å². The molecule has 1 N–H and O–H groups in total. The second-order valence-corrected chi connectivity index (χ2v) is 11.3. The van der Waals surface area contributed by atoms with E-state index in [-0.39, 0.29) is 23.1 Å². The zero-order valence-corrected chi connectivity index (χ0v) is 22.6. The van der Waals surface area contributed by atoms with Gasteiger partial charge in [0.15, 0.2) is 0 Å². The molecule has 2 aromatic rings. The number of aromatic nitrogens is 1. The minimum Gasteiger partial charge on any atom is -0.369 e. The van der Waals surface area contributed by atoms with Crippen molar-refractivity contribution in [2.24, 2.45) is 0 Å². The highest BCUT2D eigenvalue weighted by molar-refractivity contribution is 5.76. The maximum atomic E-state index is 12.8. The summed E-state index contributed by atoms with van der Waals surface area (Å²) < 4.78 is 0. The zero-order valence-electron chi connectivity index (χ0n) is 22.6. The smallest absolute Gasteiger partial charge is 0.290 e. The maximum Gasteiger partial charge on any atom is 0.290 e. The van der Waals surface area contributed by atoms with Crippen molar-refractivity contribution in [3.05, 3.63) is 57.8 Å². The molecule has 0 saturated carbocycles. The summed E-state index contributed by atoms with van der Waals surface area (Å²) in [4.78, 5) is 34.4. The maximum absolute atomic E-state index is 12.8. The van der Waals surface area contributed by atoms with E-state index in [4.69, 9.17) is 0 Å². The van der Waals surface area contributed by atoms with Gasteiger partial charge in [0.05, 0.1) is 4.92 Å². The third-order valence-electron chi connectivity index (χ3n) is 7.59. The van der Waals surface area contributed by atoms with Crippen LogP contribution in [0, 0.1) is 17.0 Å². The number of piperazine rings is 1. The minimum atomic E-state index is -0.415. The number of rotatable bonds is 7. The van der Waals surface area contributed by atoms with Crippen molar-refractivity contribution < 1.29 is 9.72 Å².